The van der Waals surface area contributed by atoms with E-state index in [9.17, 15) is 19.7 Å². The molecule has 23 heavy (non-hydrogen) atoms. The van der Waals surface area contributed by atoms with Crippen molar-refractivity contribution >= 4 is 30.1 Å². The van der Waals surface area contributed by atoms with Crippen LogP contribution < -0.4 is 5.32 Å². The predicted octanol–water partition coefficient (Wildman–Crippen LogP) is 1.17. The highest BCUT2D eigenvalue weighted by molar-refractivity contribution is 7.80. The van der Waals surface area contributed by atoms with E-state index in [0.717, 1.165) is 12.0 Å². The number of amides is 2. The molecule has 1 aliphatic rings. The zero-order valence-corrected chi connectivity index (χ0v) is 13.7. The Morgan fingerprint density at radius 2 is 1.96 bits per heavy atom. The van der Waals surface area contributed by atoms with E-state index in [-0.39, 0.29) is 23.3 Å². The average molecular weight is 337 g/mol. The molecule has 1 fully saturated rings. The SMILES string of the molecule is CCCN1C(=O)C(CS)NC(=O)C1Cc1ccc([N+](=O)[O-])cc1. The molecule has 1 heterocycles. The fraction of sp³-hybridized carbons (Fsp3) is 0.467. The molecule has 8 heteroatoms. The number of piperazine rings is 1. The second kappa shape index (κ2) is 7.45. The van der Waals surface area contributed by atoms with E-state index in [4.69, 9.17) is 0 Å². The van der Waals surface area contributed by atoms with Crippen molar-refractivity contribution in [1.82, 2.24) is 10.2 Å². The molecule has 2 atom stereocenters. The summed E-state index contributed by atoms with van der Waals surface area (Å²) >= 11 is 4.11. The summed E-state index contributed by atoms with van der Waals surface area (Å²) in [6, 6.07) is 4.84. The van der Waals surface area contributed by atoms with Gasteiger partial charge in [0.15, 0.2) is 0 Å². The van der Waals surface area contributed by atoms with E-state index < -0.39 is 17.0 Å². The van der Waals surface area contributed by atoms with Crippen molar-refractivity contribution in [3.63, 3.8) is 0 Å². The Balaban J connectivity index is 2.19. The van der Waals surface area contributed by atoms with Gasteiger partial charge in [0, 0.05) is 30.9 Å². The van der Waals surface area contributed by atoms with Gasteiger partial charge in [0.1, 0.15) is 12.1 Å². The number of nitro benzene ring substituents is 1. The molecule has 1 saturated heterocycles. The predicted molar refractivity (Wildman–Crippen MR) is 88.4 cm³/mol. The van der Waals surface area contributed by atoms with Gasteiger partial charge < -0.3 is 10.2 Å². The lowest BCUT2D eigenvalue weighted by molar-refractivity contribution is -0.384. The zero-order valence-electron chi connectivity index (χ0n) is 12.8. The van der Waals surface area contributed by atoms with Crippen molar-refractivity contribution in [1.29, 1.82) is 0 Å². The van der Waals surface area contributed by atoms with E-state index in [1.54, 1.807) is 17.0 Å². The van der Waals surface area contributed by atoms with Gasteiger partial charge in [0.25, 0.3) is 5.69 Å². The highest BCUT2D eigenvalue weighted by Crippen LogP contribution is 2.18. The number of nitrogens with zero attached hydrogens (tertiary/aromatic N) is 2. The first kappa shape index (κ1) is 17.3. The maximum atomic E-state index is 12.4. The first-order valence-corrected chi connectivity index (χ1v) is 8.06. The molecular weight excluding hydrogens is 318 g/mol. The third-order valence-electron chi connectivity index (χ3n) is 3.80. The Bertz CT molecular complexity index is 605. The van der Waals surface area contributed by atoms with Crippen LogP contribution in [0.3, 0.4) is 0 Å². The van der Waals surface area contributed by atoms with Crippen molar-refractivity contribution in [2.75, 3.05) is 12.3 Å². The molecule has 2 unspecified atom stereocenters. The zero-order chi connectivity index (χ0) is 17.0. The van der Waals surface area contributed by atoms with Crippen LogP contribution in [0.2, 0.25) is 0 Å². The normalized spacial score (nSPS) is 21.2. The van der Waals surface area contributed by atoms with Crippen molar-refractivity contribution in [3.05, 3.63) is 39.9 Å². The summed E-state index contributed by atoms with van der Waals surface area (Å²) < 4.78 is 0. The van der Waals surface area contributed by atoms with E-state index in [2.05, 4.69) is 17.9 Å². The summed E-state index contributed by atoms with van der Waals surface area (Å²) in [5.41, 5.74) is 0.771. The van der Waals surface area contributed by atoms with Crippen LogP contribution in [0.4, 0.5) is 5.69 Å². The molecule has 0 radical (unpaired) electrons. The molecule has 0 aliphatic carbocycles. The lowest BCUT2D eigenvalue weighted by Gasteiger charge is -2.38. The Labute approximate surface area is 139 Å². The summed E-state index contributed by atoms with van der Waals surface area (Å²) in [5.74, 6) is -0.0847. The molecule has 0 spiro atoms. The first-order chi connectivity index (χ1) is 11.0. The number of rotatable bonds is 6. The van der Waals surface area contributed by atoms with Gasteiger partial charge in [-0.15, -0.1) is 0 Å². The lowest BCUT2D eigenvalue weighted by atomic mass is 9.99. The van der Waals surface area contributed by atoms with Crippen LogP contribution in [0.15, 0.2) is 24.3 Å². The summed E-state index contributed by atoms with van der Waals surface area (Å²) in [6.07, 6.45) is 1.07. The van der Waals surface area contributed by atoms with E-state index >= 15 is 0 Å². The topological polar surface area (TPSA) is 92.6 Å². The van der Waals surface area contributed by atoms with Crippen molar-refractivity contribution in [2.24, 2.45) is 0 Å². The number of nitrogens with one attached hydrogen (secondary N) is 1. The molecule has 1 N–H and O–H groups in total. The fourth-order valence-corrected chi connectivity index (χ4v) is 2.88. The van der Waals surface area contributed by atoms with Crippen molar-refractivity contribution < 1.29 is 14.5 Å². The van der Waals surface area contributed by atoms with Crippen LogP contribution in [-0.2, 0) is 16.0 Å². The van der Waals surface area contributed by atoms with Crippen LogP contribution in [0.25, 0.3) is 0 Å². The number of hydrogen-bond donors (Lipinski definition) is 2. The molecule has 0 aromatic heterocycles. The molecule has 1 aliphatic heterocycles. The molecule has 2 rings (SSSR count). The number of thiol groups is 1. The number of nitro groups is 1. The molecule has 1 aromatic rings. The third kappa shape index (κ3) is 3.82. The number of hydrogen-bond acceptors (Lipinski definition) is 5. The van der Waals surface area contributed by atoms with Crippen molar-refractivity contribution in [3.8, 4) is 0 Å². The highest BCUT2D eigenvalue weighted by atomic mass is 32.1. The average Bonchev–Trinajstić information content (AvgIpc) is 2.54. The molecule has 2 amide bonds. The van der Waals surface area contributed by atoms with Gasteiger partial charge in [0.2, 0.25) is 11.8 Å². The Morgan fingerprint density at radius 1 is 1.30 bits per heavy atom. The second-order valence-electron chi connectivity index (χ2n) is 5.42. The molecule has 0 bridgehead atoms. The summed E-state index contributed by atoms with van der Waals surface area (Å²) in [6.45, 7) is 2.44. The smallest absolute Gasteiger partial charge is 0.269 e. The van der Waals surface area contributed by atoms with E-state index in [1.165, 1.54) is 12.1 Å². The molecular formula is C15H19N3O4S. The maximum absolute atomic E-state index is 12.4. The minimum absolute atomic E-state index is 0.00141. The standard InChI is InChI=1S/C15H19N3O4S/c1-2-7-17-13(14(19)16-12(9-23)15(17)20)8-10-3-5-11(6-4-10)18(21)22/h3-6,12-13,23H,2,7-9H2,1H3,(H,16,19). The lowest BCUT2D eigenvalue weighted by Crippen LogP contribution is -2.64. The van der Waals surface area contributed by atoms with Crippen LogP contribution in [0.1, 0.15) is 18.9 Å². The van der Waals surface area contributed by atoms with Crippen molar-refractivity contribution in [2.45, 2.75) is 31.8 Å². The van der Waals surface area contributed by atoms with Crippen LogP contribution >= 0.6 is 12.6 Å². The van der Waals surface area contributed by atoms with Gasteiger partial charge in [-0.3, -0.25) is 19.7 Å². The summed E-state index contributed by atoms with van der Waals surface area (Å²) in [4.78, 5) is 36.5. The quantitative estimate of drug-likeness (QED) is 0.463. The van der Waals surface area contributed by atoms with E-state index in [0.29, 0.717) is 13.0 Å². The minimum Gasteiger partial charge on any atom is -0.342 e. The second-order valence-corrected chi connectivity index (χ2v) is 5.78. The molecule has 0 saturated carbocycles. The first-order valence-electron chi connectivity index (χ1n) is 7.43. The van der Waals surface area contributed by atoms with Gasteiger partial charge in [-0.1, -0.05) is 19.1 Å². The van der Waals surface area contributed by atoms with Crippen LogP contribution in [0, 0.1) is 10.1 Å². The number of carbonyl (C=O) groups excluding carboxylic acids is 2. The highest BCUT2D eigenvalue weighted by Gasteiger charge is 2.39. The minimum atomic E-state index is -0.597. The Hall–Kier alpha value is -2.09. The van der Waals surface area contributed by atoms with Gasteiger partial charge in [0.05, 0.1) is 4.92 Å². The fourth-order valence-electron chi connectivity index (χ4n) is 2.64. The van der Waals surface area contributed by atoms with Gasteiger partial charge in [-0.2, -0.15) is 12.6 Å². The summed E-state index contributed by atoms with van der Waals surface area (Å²) in [5, 5.41) is 13.4. The third-order valence-corrected chi connectivity index (χ3v) is 4.16. The van der Waals surface area contributed by atoms with Gasteiger partial charge in [-0.05, 0) is 12.0 Å². The summed E-state index contributed by atoms with van der Waals surface area (Å²) in [7, 11) is 0. The monoisotopic (exact) mass is 337 g/mol. The Kier molecular flexibility index (Phi) is 5.59. The number of carbonyl (C=O) groups is 2. The molecule has 7 nitrogen and oxygen atoms in total. The number of non-ortho nitro benzene ring substituents is 1. The molecule has 124 valence electrons. The maximum Gasteiger partial charge on any atom is 0.269 e. The number of benzene rings is 1. The molecule has 1 aromatic carbocycles. The Morgan fingerprint density at radius 3 is 2.48 bits per heavy atom. The van der Waals surface area contributed by atoms with Gasteiger partial charge in [-0.25, -0.2) is 0 Å². The van der Waals surface area contributed by atoms with Crippen LogP contribution in [-0.4, -0.2) is 46.0 Å². The van der Waals surface area contributed by atoms with Gasteiger partial charge >= 0.3 is 0 Å². The van der Waals surface area contributed by atoms with Crippen LogP contribution in [0.5, 0.6) is 0 Å². The largest absolute Gasteiger partial charge is 0.342 e. The van der Waals surface area contributed by atoms with E-state index in [1.807, 2.05) is 6.92 Å².